The summed E-state index contributed by atoms with van der Waals surface area (Å²) >= 11 is 0. The molecule has 0 saturated heterocycles. The first-order chi connectivity index (χ1) is 13.1. The first-order valence-corrected chi connectivity index (χ1v) is 9.18. The molecule has 2 aromatic rings. The average Bonchev–Trinajstić information content (AvgIpc) is 3.28. The van der Waals surface area contributed by atoms with Gasteiger partial charge in [-0.1, -0.05) is 0 Å². The van der Waals surface area contributed by atoms with Gasteiger partial charge in [0.1, 0.15) is 13.1 Å². The van der Waals surface area contributed by atoms with Crippen LogP contribution in [0.4, 0.5) is 0 Å². The van der Waals surface area contributed by atoms with Crippen molar-refractivity contribution < 1.29 is 28.3 Å². The molecule has 2 aromatic heterocycles. The number of nitrogens with zero attached hydrogens (tertiary/aromatic N) is 6. The molecular weight excluding hydrogens is 352 g/mol. The van der Waals surface area contributed by atoms with E-state index in [9.17, 15) is 0 Å². The van der Waals surface area contributed by atoms with E-state index in [0.717, 1.165) is 19.5 Å². The number of aromatic nitrogens is 6. The predicted octanol–water partition coefficient (Wildman–Crippen LogP) is -0.237. The molecule has 10 heteroatoms. The van der Waals surface area contributed by atoms with Crippen LogP contribution in [0.2, 0.25) is 0 Å². The molecule has 2 rings (SSSR count). The zero-order chi connectivity index (χ0) is 19.5. The van der Waals surface area contributed by atoms with Crippen molar-refractivity contribution in [3.63, 3.8) is 0 Å². The minimum Gasteiger partial charge on any atom is -0.382 e. The minimum atomic E-state index is 0.0422. The molecule has 10 nitrogen and oxygen atoms in total. The van der Waals surface area contributed by atoms with E-state index in [1.54, 1.807) is 23.6 Å². The number of aryl methyl sites for hydroxylation is 2. The molecule has 0 aromatic carbocycles. The van der Waals surface area contributed by atoms with E-state index in [1.165, 1.54) is 0 Å². The van der Waals surface area contributed by atoms with Crippen LogP contribution >= 0.6 is 0 Å². The molecule has 152 valence electrons. The van der Waals surface area contributed by atoms with Crippen LogP contribution < -0.4 is 9.36 Å². The molecule has 2 heterocycles. The molecule has 0 aliphatic rings. The van der Waals surface area contributed by atoms with Crippen LogP contribution in [0.1, 0.15) is 20.3 Å². The number of hydrogen-bond acceptors (Lipinski definition) is 6. The fraction of sp³-hybridized carbons (Fsp3) is 0.765. The smallest absolute Gasteiger partial charge is 0.213 e. The summed E-state index contributed by atoms with van der Waals surface area (Å²) in [4.78, 5) is 0. The minimum absolute atomic E-state index is 0.0422. The SMILES string of the molecule is COCC(C)OC[n+]1ccn(CCCn2cc[n+](COC(C)COC)n2)n1. The summed E-state index contributed by atoms with van der Waals surface area (Å²) in [6.45, 7) is 7.53. The highest BCUT2D eigenvalue weighted by atomic mass is 16.5. The first kappa shape index (κ1) is 21.4. The monoisotopic (exact) mass is 384 g/mol. The van der Waals surface area contributed by atoms with E-state index in [-0.39, 0.29) is 12.2 Å². The zero-order valence-electron chi connectivity index (χ0n) is 16.7. The van der Waals surface area contributed by atoms with Crippen LogP contribution in [0.15, 0.2) is 24.8 Å². The lowest BCUT2D eigenvalue weighted by molar-refractivity contribution is -0.788. The summed E-state index contributed by atoms with van der Waals surface area (Å²) in [5.41, 5.74) is 0. The maximum absolute atomic E-state index is 5.64. The highest BCUT2D eigenvalue weighted by Gasteiger charge is 2.11. The van der Waals surface area contributed by atoms with E-state index in [0.29, 0.717) is 26.7 Å². The Morgan fingerprint density at radius 3 is 1.67 bits per heavy atom. The van der Waals surface area contributed by atoms with E-state index in [1.807, 2.05) is 48.0 Å². The van der Waals surface area contributed by atoms with Crippen molar-refractivity contribution in [1.82, 2.24) is 19.8 Å². The fourth-order valence-corrected chi connectivity index (χ4v) is 2.47. The molecule has 2 unspecified atom stereocenters. The van der Waals surface area contributed by atoms with Gasteiger partial charge in [0.05, 0.1) is 35.8 Å². The van der Waals surface area contributed by atoms with Crippen molar-refractivity contribution >= 4 is 0 Å². The third-order valence-corrected chi connectivity index (χ3v) is 3.84. The second-order valence-electron chi connectivity index (χ2n) is 6.46. The molecule has 0 aliphatic heterocycles. The number of methoxy groups -OCH3 is 2. The zero-order valence-corrected chi connectivity index (χ0v) is 16.7. The molecule has 0 bridgehead atoms. The van der Waals surface area contributed by atoms with Gasteiger partial charge >= 0.3 is 0 Å². The van der Waals surface area contributed by atoms with Gasteiger partial charge < -0.3 is 18.9 Å². The van der Waals surface area contributed by atoms with Gasteiger partial charge in [0, 0.05) is 20.6 Å². The third kappa shape index (κ3) is 8.12. The van der Waals surface area contributed by atoms with Crippen molar-refractivity contribution in [3.8, 4) is 0 Å². The summed E-state index contributed by atoms with van der Waals surface area (Å²) in [6.07, 6.45) is 8.70. The van der Waals surface area contributed by atoms with Gasteiger partial charge in [-0.3, -0.25) is 0 Å². The van der Waals surface area contributed by atoms with Gasteiger partial charge in [-0.2, -0.15) is 0 Å². The molecule has 0 N–H and O–H groups in total. The molecule has 0 fully saturated rings. The highest BCUT2D eigenvalue weighted by molar-refractivity contribution is 4.60. The van der Waals surface area contributed by atoms with Crippen LogP contribution in [0, 0.1) is 0 Å². The lowest BCUT2D eigenvalue weighted by Crippen LogP contribution is -2.39. The van der Waals surface area contributed by atoms with Gasteiger partial charge in [0.15, 0.2) is 24.8 Å². The Morgan fingerprint density at radius 2 is 1.26 bits per heavy atom. The van der Waals surface area contributed by atoms with Gasteiger partial charge in [0.2, 0.25) is 13.5 Å². The van der Waals surface area contributed by atoms with Crippen LogP contribution in [0.5, 0.6) is 0 Å². The van der Waals surface area contributed by atoms with Gasteiger partial charge in [-0.05, 0) is 13.8 Å². The fourth-order valence-electron chi connectivity index (χ4n) is 2.47. The van der Waals surface area contributed by atoms with Crippen molar-refractivity contribution in [1.29, 1.82) is 0 Å². The highest BCUT2D eigenvalue weighted by Crippen LogP contribution is 1.94. The van der Waals surface area contributed by atoms with E-state index in [2.05, 4.69) is 10.4 Å². The molecule has 0 amide bonds. The maximum Gasteiger partial charge on any atom is 0.213 e. The third-order valence-electron chi connectivity index (χ3n) is 3.84. The molecule has 2 atom stereocenters. The number of hydrogen-bond donors (Lipinski definition) is 0. The topological polar surface area (TPSA) is 80.3 Å². The molecule has 0 spiro atoms. The largest absolute Gasteiger partial charge is 0.382 e. The second-order valence-corrected chi connectivity index (χ2v) is 6.46. The quantitative estimate of drug-likeness (QED) is 0.419. The Hall–Kier alpha value is -1.88. The molecule has 0 aliphatic carbocycles. The van der Waals surface area contributed by atoms with Crippen LogP contribution in [0.25, 0.3) is 0 Å². The van der Waals surface area contributed by atoms with E-state index in [4.69, 9.17) is 18.9 Å². The Bertz CT molecular complexity index is 593. The Morgan fingerprint density at radius 1 is 0.815 bits per heavy atom. The Labute approximate surface area is 160 Å². The van der Waals surface area contributed by atoms with Gasteiger partial charge in [-0.25, -0.2) is 0 Å². The Balaban J connectivity index is 1.66. The van der Waals surface area contributed by atoms with Crippen LogP contribution in [-0.2, 0) is 45.5 Å². The number of ether oxygens (including phenoxy) is 4. The Kier molecular flexibility index (Phi) is 9.32. The van der Waals surface area contributed by atoms with Gasteiger partial charge in [0.25, 0.3) is 0 Å². The standard InChI is InChI=1S/C17H32N6O4/c1-16(12-24-3)26-14-22-10-8-20(18-22)6-5-7-21-9-11-23(19-21)15-27-17(2)13-25-4/h8-11,16-17H,5-7,12-15H2,1-4H3/q+2. The van der Waals surface area contributed by atoms with Crippen molar-refractivity contribution in [3.05, 3.63) is 24.8 Å². The molecule has 0 radical (unpaired) electrons. The van der Waals surface area contributed by atoms with Crippen molar-refractivity contribution in [2.75, 3.05) is 27.4 Å². The van der Waals surface area contributed by atoms with Crippen LogP contribution in [0.3, 0.4) is 0 Å². The normalized spacial score (nSPS) is 13.8. The van der Waals surface area contributed by atoms with Crippen molar-refractivity contribution in [2.24, 2.45) is 0 Å². The van der Waals surface area contributed by atoms with Crippen LogP contribution in [-0.4, -0.2) is 59.4 Å². The maximum atomic E-state index is 5.64. The molecule has 0 saturated carbocycles. The molecule has 27 heavy (non-hydrogen) atoms. The summed E-state index contributed by atoms with van der Waals surface area (Å²) < 4.78 is 28.7. The van der Waals surface area contributed by atoms with Gasteiger partial charge in [-0.15, -0.1) is 18.7 Å². The van der Waals surface area contributed by atoms with Crippen molar-refractivity contribution in [2.45, 2.75) is 59.0 Å². The summed E-state index contributed by atoms with van der Waals surface area (Å²) in [5, 5.41) is 8.89. The lowest BCUT2D eigenvalue weighted by atomic mass is 10.4. The van der Waals surface area contributed by atoms with E-state index >= 15 is 0 Å². The predicted molar refractivity (Wildman–Crippen MR) is 94.3 cm³/mol. The van der Waals surface area contributed by atoms with E-state index < -0.39 is 0 Å². The second kappa shape index (κ2) is 11.8. The summed E-state index contributed by atoms with van der Waals surface area (Å²) in [7, 11) is 3.33. The summed E-state index contributed by atoms with van der Waals surface area (Å²) in [6, 6.07) is 0. The first-order valence-electron chi connectivity index (χ1n) is 9.18. The lowest BCUT2D eigenvalue weighted by Gasteiger charge is -2.08. The average molecular weight is 384 g/mol. The molecular formula is C17H32N6O4+2. The number of rotatable bonds is 14. The summed E-state index contributed by atoms with van der Waals surface area (Å²) in [5.74, 6) is 0.